The van der Waals surface area contributed by atoms with E-state index in [9.17, 15) is 14.9 Å². The molecule has 2 rings (SSSR count). The summed E-state index contributed by atoms with van der Waals surface area (Å²) in [5, 5.41) is 13.7. The summed E-state index contributed by atoms with van der Waals surface area (Å²) in [7, 11) is 3.37. The monoisotopic (exact) mass is 390 g/mol. The summed E-state index contributed by atoms with van der Waals surface area (Å²) in [4.78, 5) is 25.2. The van der Waals surface area contributed by atoms with Gasteiger partial charge in [0.05, 0.1) is 30.8 Å². The van der Waals surface area contributed by atoms with Gasteiger partial charge in [0, 0.05) is 16.5 Å². The Labute approximate surface area is 162 Å². The lowest BCUT2D eigenvalue weighted by atomic mass is 10.2. The minimum Gasteiger partial charge on any atom is -0.494 e. The second-order valence-electron chi connectivity index (χ2n) is 6.22. The fourth-order valence-corrected chi connectivity index (χ4v) is 2.99. The molecule has 2 atom stereocenters. The van der Waals surface area contributed by atoms with Crippen LogP contribution in [-0.2, 0) is 11.3 Å². The molecule has 0 spiro atoms. The average Bonchev–Trinajstić information content (AvgIpc) is 2.67. The zero-order chi connectivity index (χ0) is 20.0. The Kier molecular flexibility index (Phi) is 7.20. The Bertz CT molecular complexity index is 811. The molecule has 0 aliphatic heterocycles. The van der Waals surface area contributed by atoms with Crippen LogP contribution in [0.25, 0.3) is 0 Å². The van der Waals surface area contributed by atoms with Crippen molar-refractivity contribution in [2.45, 2.75) is 24.4 Å². The van der Waals surface area contributed by atoms with Crippen molar-refractivity contribution in [1.82, 2.24) is 0 Å². The topological polar surface area (TPSA) is 85.9 Å². The van der Waals surface area contributed by atoms with Gasteiger partial charge in [0.1, 0.15) is 12.3 Å². The number of methoxy groups -OCH3 is 1. The molecule has 2 N–H and O–H groups in total. The number of nitro benzene ring substituents is 1. The number of anilines is 1. The molecule has 0 bridgehead atoms. The van der Waals surface area contributed by atoms with Gasteiger partial charge in [-0.25, -0.2) is 0 Å². The lowest BCUT2D eigenvalue weighted by Gasteiger charge is -2.21. The molecular weight excluding hydrogens is 366 g/mol. The lowest BCUT2D eigenvalue weighted by Crippen LogP contribution is -3.12. The second-order valence-corrected chi connectivity index (χ2v) is 7.10. The summed E-state index contributed by atoms with van der Waals surface area (Å²) in [5.74, 6) is 0.0791. The van der Waals surface area contributed by atoms with Crippen molar-refractivity contribution in [3.63, 3.8) is 0 Å². The van der Waals surface area contributed by atoms with Gasteiger partial charge < -0.3 is 15.0 Å². The molecule has 7 nitrogen and oxygen atoms in total. The molecule has 0 saturated carbocycles. The minimum absolute atomic E-state index is 0.0886. The molecule has 144 valence electrons. The third-order valence-corrected chi connectivity index (χ3v) is 5.17. The van der Waals surface area contributed by atoms with E-state index in [0.717, 1.165) is 10.5 Å². The van der Waals surface area contributed by atoms with Gasteiger partial charge in [0.15, 0.2) is 6.04 Å². The number of quaternary nitrogens is 1. The fraction of sp³-hybridized carbons (Fsp3) is 0.316. The lowest BCUT2D eigenvalue weighted by molar-refractivity contribution is -0.907. The number of non-ortho nitro benzene ring substituents is 1. The summed E-state index contributed by atoms with van der Waals surface area (Å²) in [6.45, 7) is 2.56. The Morgan fingerprint density at radius 2 is 1.96 bits per heavy atom. The van der Waals surface area contributed by atoms with Crippen LogP contribution in [0.3, 0.4) is 0 Å². The maximum atomic E-state index is 12.6. The van der Waals surface area contributed by atoms with Gasteiger partial charge in [-0.15, -0.1) is 11.8 Å². The summed E-state index contributed by atoms with van der Waals surface area (Å²) in [6.07, 6.45) is 2.03. The highest BCUT2D eigenvalue weighted by Crippen LogP contribution is 2.29. The van der Waals surface area contributed by atoms with Crippen LogP contribution in [0, 0.1) is 10.1 Å². The molecule has 0 aromatic heterocycles. The first-order valence-electron chi connectivity index (χ1n) is 8.44. The number of amides is 1. The van der Waals surface area contributed by atoms with E-state index in [1.54, 1.807) is 11.8 Å². The summed E-state index contributed by atoms with van der Waals surface area (Å²) in [6, 6.07) is 12.1. The van der Waals surface area contributed by atoms with Crippen molar-refractivity contribution in [3.05, 3.63) is 58.1 Å². The Balaban J connectivity index is 2.04. The quantitative estimate of drug-likeness (QED) is 0.411. The molecular formula is C19H24N3O4S+. The first-order valence-corrected chi connectivity index (χ1v) is 9.66. The number of nitro groups is 1. The largest absolute Gasteiger partial charge is 0.494 e. The van der Waals surface area contributed by atoms with E-state index >= 15 is 0 Å². The highest BCUT2D eigenvalue weighted by molar-refractivity contribution is 7.98. The molecule has 8 heteroatoms. The fourth-order valence-electron chi connectivity index (χ4n) is 2.58. The maximum Gasteiger partial charge on any atom is 0.282 e. The zero-order valence-electron chi connectivity index (χ0n) is 15.8. The SMILES string of the molecule is COc1cc([N+](=O)[O-])ccc1NC(=O)[C@@H](C)[NH+](C)Cc1ccc(SC)cc1. The predicted molar refractivity (Wildman–Crippen MR) is 107 cm³/mol. The van der Waals surface area contributed by atoms with Crippen LogP contribution in [0.5, 0.6) is 5.75 Å². The second kappa shape index (κ2) is 9.38. The average molecular weight is 390 g/mol. The van der Waals surface area contributed by atoms with E-state index in [4.69, 9.17) is 4.74 Å². The smallest absolute Gasteiger partial charge is 0.282 e. The number of ether oxygens (including phenoxy) is 1. The van der Waals surface area contributed by atoms with Crippen molar-refractivity contribution >= 4 is 29.0 Å². The Morgan fingerprint density at radius 3 is 2.52 bits per heavy atom. The van der Waals surface area contributed by atoms with Crippen LogP contribution < -0.4 is 15.0 Å². The van der Waals surface area contributed by atoms with Crippen molar-refractivity contribution in [2.24, 2.45) is 0 Å². The van der Waals surface area contributed by atoms with Gasteiger partial charge >= 0.3 is 0 Å². The zero-order valence-corrected chi connectivity index (χ0v) is 16.6. The van der Waals surface area contributed by atoms with Gasteiger partial charge in [-0.3, -0.25) is 14.9 Å². The highest BCUT2D eigenvalue weighted by Gasteiger charge is 2.23. The Morgan fingerprint density at radius 1 is 1.30 bits per heavy atom. The number of likely N-dealkylation sites (N-methyl/N-ethyl adjacent to an activating group) is 1. The Hall–Kier alpha value is -2.58. The standard InChI is InChI=1S/C19H23N3O4S/c1-13(21(2)12-14-5-8-16(27-4)9-6-14)19(23)20-17-10-7-15(22(24)25)11-18(17)26-3/h5-11,13H,12H2,1-4H3,(H,20,23)/p+1/t13-/m1/s1. The van der Waals surface area contributed by atoms with Gasteiger partial charge in [0.25, 0.3) is 11.6 Å². The highest BCUT2D eigenvalue weighted by atomic mass is 32.2. The summed E-state index contributed by atoms with van der Waals surface area (Å²) < 4.78 is 5.17. The van der Waals surface area contributed by atoms with E-state index in [2.05, 4.69) is 29.6 Å². The molecule has 27 heavy (non-hydrogen) atoms. The molecule has 1 unspecified atom stereocenters. The first kappa shape index (κ1) is 20.7. The number of hydrogen-bond acceptors (Lipinski definition) is 5. The van der Waals surface area contributed by atoms with Crippen LogP contribution in [0.1, 0.15) is 12.5 Å². The van der Waals surface area contributed by atoms with Crippen LogP contribution in [-0.4, -0.2) is 37.3 Å². The number of carbonyl (C=O) groups excluding carboxylic acids is 1. The third kappa shape index (κ3) is 5.45. The molecule has 0 saturated heterocycles. The molecule has 0 fully saturated rings. The number of rotatable bonds is 8. The van der Waals surface area contributed by atoms with E-state index in [0.29, 0.717) is 12.2 Å². The van der Waals surface area contributed by atoms with E-state index in [1.165, 1.54) is 30.2 Å². The number of hydrogen-bond donors (Lipinski definition) is 2. The van der Waals surface area contributed by atoms with E-state index < -0.39 is 4.92 Å². The number of nitrogens with one attached hydrogen (secondary N) is 2. The van der Waals surface area contributed by atoms with Crippen LogP contribution in [0.4, 0.5) is 11.4 Å². The van der Waals surface area contributed by atoms with Crippen molar-refractivity contribution in [2.75, 3.05) is 25.7 Å². The molecule has 0 heterocycles. The maximum absolute atomic E-state index is 12.6. The summed E-state index contributed by atoms with van der Waals surface area (Å²) in [5.41, 5.74) is 1.48. The minimum atomic E-state index is -0.503. The van der Waals surface area contributed by atoms with Crippen molar-refractivity contribution in [1.29, 1.82) is 0 Å². The molecule has 0 aliphatic rings. The van der Waals surface area contributed by atoms with E-state index in [1.807, 2.05) is 20.2 Å². The van der Waals surface area contributed by atoms with Gasteiger partial charge in [-0.2, -0.15) is 0 Å². The summed E-state index contributed by atoms with van der Waals surface area (Å²) >= 11 is 1.69. The molecule has 2 aromatic carbocycles. The van der Waals surface area contributed by atoms with E-state index in [-0.39, 0.29) is 23.4 Å². The number of benzene rings is 2. The first-order chi connectivity index (χ1) is 12.8. The molecule has 0 aliphatic carbocycles. The predicted octanol–water partition coefficient (Wildman–Crippen LogP) is 2.37. The van der Waals surface area contributed by atoms with Crippen LogP contribution in [0.2, 0.25) is 0 Å². The van der Waals surface area contributed by atoms with Crippen LogP contribution in [0.15, 0.2) is 47.4 Å². The normalized spacial score (nSPS) is 12.9. The van der Waals surface area contributed by atoms with Crippen LogP contribution >= 0.6 is 11.8 Å². The number of carbonyl (C=O) groups is 1. The number of thioether (sulfide) groups is 1. The van der Waals surface area contributed by atoms with Crippen molar-refractivity contribution in [3.8, 4) is 5.75 Å². The molecule has 0 radical (unpaired) electrons. The third-order valence-electron chi connectivity index (χ3n) is 4.43. The van der Waals surface area contributed by atoms with Gasteiger partial charge in [-0.05, 0) is 31.4 Å². The number of nitrogens with zero attached hydrogens (tertiary/aromatic N) is 1. The van der Waals surface area contributed by atoms with Gasteiger partial charge in [0.2, 0.25) is 0 Å². The van der Waals surface area contributed by atoms with Crippen molar-refractivity contribution < 1.29 is 19.4 Å². The molecule has 2 aromatic rings. The molecule has 1 amide bonds. The van der Waals surface area contributed by atoms with Gasteiger partial charge in [-0.1, -0.05) is 12.1 Å².